The third-order valence-electron chi connectivity index (χ3n) is 0.983. The van der Waals surface area contributed by atoms with E-state index in [1.807, 2.05) is 0 Å². The lowest BCUT2D eigenvalue weighted by Gasteiger charge is -1.91. The third kappa shape index (κ3) is 33.7. The Balaban J connectivity index is -0.000000143. The molecular formula is C8H22O5. The van der Waals surface area contributed by atoms with Crippen molar-refractivity contribution in [2.75, 3.05) is 54.9 Å². The molecule has 0 spiro atoms. The molecule has 0 saturated carbocycles. The molecule has 0 aromatic rings. The van der Waals surface area contributed by atoms with Gasteiger partial charge in [-0.15, -0.1) is 0 Å². The molecule has 84 valence electrons. The van der Waals surface area contributed by atoms with Gasteiger partial charge in [-0.2, -0.15) is 0 Å². The van der Waals surface area contributed by atoms with Crippen molar-refractivity contribution in [3.8, 4) is 0 Å². The van der Waals surface area contributed by atoms with Crippen molar-refractivity contribution in [1.82, 2.24) is 0 Å². The van der Waals surface area contributed by atoms with Crippen LogP contribution < -0.4 is 0 Å². The highest BCUT2D eigenvalue weighted by atomic mass is 16.5. The van der Waals surface area contributed by atoms with Gasteiger partial charge in [0.05, 0.1) is 26.4 Å². The second-order valence-corrected chi connectivity index (χ2v) is 1.97. The normalized spacial score (nSPS) is 8.31. The molecule has 0 aromatic carbocycles. The van der Waals surface area contributed by atoms with Crippen LogP contribution in [0.3, 0.4) is 0 Å². The van der Waals surface area contributed by atoms with E-state index in [2.05, 4.69) is 18.9 Å². The molecule has 0 rings (SSSR count). The molecule has 0 saturated heterocycles. The Morgan fingerprint density at radius 1 is 0.538 bits per heavy atom. The van der Waals surface area contributed by atoms with E-state index in [1.54, 1.807) is 28.4 Å². The van der Waals surface area contributed by atoms with Crippen LogP contribution in [0.25, 0.3) is 0 Å². The molecule has 13 heavy (non-hydrogen) atoms. The predicted molar refractivity (Wildman–Crippen MR) is 51.1 cm³/mol. The SMILES string of the molecule is COCCOC.COCCOC.O. The van der Waals surface area contributed by atoms with E-state index in [-0.39, 0.29) is 5.48 Å². The summed E-state index contributed by atoms with van der Waals surface area (Å²) < 4.78 is 18.6. The topological polar surface area (TPSA) is 68.4 Å². The summed E-state index contributed by atoms with van der Waals surface area (Å²) in [7, 11) is 6.61. The van der Waals surface area contributed by atoms with Gasteiger partial charge in [-0.25, -0.2) is 0 Å². The summed E-state index contributed by atoms with van der Waals surface area (Å²) in [6.45, 7) is 2.76. The highest BCUT2D eigenvalue weighted by Crippen LogP contribution is 1.66. The molecule has 2 N–H and O–H groups in total. The van der Waals surface area contributed by atoms with Gasteiger partial charge in [0.15, 0.2) is 0 Å². The van der Waals surface area contributed by atoms with Gasteiger partial charge in [0, 0.05) is 28.4 Å². The van der Waals surface area contributed by atoms with Crippen LogP contribution in [-0.2, 0) is 18.9 Å². The molecule has 5 nitrogen and oxygen atoms in total. The van der Waals surface area contributed by atoms with Crippen LogP contribution in [0.4, 0.5) is 0 Å². The molecule has 0 aliphatic heterocycles. The predicted octanol–water partition coefficient (Wildman–Crippen LogP) is -0.266. The molecule has 0 heterocycles. The minimum atomic E-state index is 0. The van der Waals surface area contributed by atoms with Crippen LogP contribution in [0.15, 0.2) is 0 Å². The van der Waals surface area contributed by atoms with Gasteiger partial charge in [0.25, 0.3) is 0 Å². The minimum absolute atomic E-state index is 0. The van der Waals surface area contributed by atoms with E-state index in [0.717, 1.165) is 0 Å². The van der Waals surface area contributed by atoms with Crippen LogP contribution in [0.1, 0.15) is 0 Å². The molecule has 0 aromatic heterocycles. The number of ether oxygens (including phenoxy) is 4. The average Bonchev–Trinajstić information content (AvgIpc) is 2.12. The van der Waals surface area contributed by atoms with Gasteiger partial charge in [-0.1, -0.05) is 0 Å². The van der Waals surface area contributed by atoms with Crippen LogP contribution >= 0.6 is 0 Å². The standard InChI is InChI=1S/2C4H10O2.H2O/c2*1-5-3-4-6-2;/h2*3-4H2,1-2H3;1H2. The van der Waals surface area contributed by atoms with Crippen LogP contribution in [0.2, 0.25) is 0 Å². The first-order valence-electron chi connectivity index (χ1n) is 3.79. The molecule has 0 bridgehead atoms. The Morgan fingerprint density at radius 2 is 0.692 bits per heavy atom. The van der Waals surface area contributed by atoms with E-state index in [4.69, 9.17) is 0 Å². The smallest absolute Gasteiger partial charge is 0.0696 e. The van der Waals surface area contributed by atoms with Crippen molar-refractivity contribution < 1.29 is 24.4 Å². The Hall–Kier alpha value is -0.200. The monoisotopic (exact) mass is 198 g/mol. The van der Waals surface area contributed by atoms with Gasteiger partial charge in [-0.3, -0.25) is 0 Å². The maximum absolute atomic E-state index is 4.66. The van der Waals surface area contributed by atoms with Crippen molar-refractivity contribution >= 4 is 0 Å². The first-order chi connectivity index (χ1) is 5.83. The summed E-state index contributed by atoms with van der Waals surface area (Å²) in [6, 6.07) is 0. The molecule has 0 aliphatic rings. The quantitative estimate of drug-likeness (QED) is 0.551. The minimum Gasteiger partial charge on any atom is -0.412 e. The molecule has 0 amide bonds. The van der Waals surface area contributed by atoms with E-state index in [9.17, 15) is 0 Å². The zero-order valence-corrected chi connectivity index (χ0v) is 8.96. The summed E-state index contributed by atoms with van der Waals surface area (Å²) in [5, 5.41) is 0. The van der Waals surface area contributed by atoms with Gasteiger partial charge < -0.3 is 24.4 Å². The zero-order chi connectivity index (χ0) is 9.66. The van der Waals surface area contributed by atoms with Crippen LogP contribution in [0.5, 0.6) is 0 Å². The molecule has 0 radical (unpaired) electrons. The summed E-state index contributed by atoms with van der Waals surface area (Å²) in [5.74, 6) is 0. The highest BCUT2D eigenvalue weighted by Gasteiger charge is 1.74. The summed E-state index contributed by atoms with van der Waals surface area (Å²) in [6.07, 6.45) is 0. The van der Waals surface area contributed by atoms with Gasteiger partial charge in [0.2, 0.25) is 0 Å². The lowest BCUT2D eigenvalue weighted by Crippen LogP contribution is -1.96. The summed E-state index contributed by atoms with van der Waals surface area (Å²) in [5.41, 5.74) is 0. The van der Waals surface area contributed by atoms with Crippen LogP contribution in [0, 0.1) is 0 Å². The van der Waals surface area contributed by atoms with Crippen molar-refractivity contribution in [1.29, 1.82) is 0 Å². The number of hydrogen-bond acceptors (Lipinski definition) is 4. The van der Waals surface area contributed by atoms with Gasteiger partial charge in [-0.05, 0) is 0 Å². The molecule has 0 fully saturated rings. The first-order valence-corrected chi connectivity index (χ1v) is 3.79. The number of hydrogen-bond donors (Lipinski definition) is 0. The van der Waals surface area contributed by atoms with Gasteiger partial charge >= 0.3 is 0 Å². The molecule has 0 aliphatic carbocycles. The molecule has 0 atom stereocenters. The third-order valence-corrected chi connectivity index (χ3v) is 0.983. The Kier molecular flexibility index (Phi) is 32.3. The van der Waals surface area contributed by atoms with E-state index in [0.29, 0.717) is 26.4 Å². The molecule has 5 heteroatoms. The lowest BCUT2D eigenvalue weighted by molar-refractivity contribution is 0.103. The molecular weight excluding hydrogens is 176 g/mol. The number of methoxy groups -OCH3 is 4. The van der Waals surface area contributed by atoms with Crippen molar-refractivity contribution in [2.24, 2.45) is 0 Å². The first kappa shape index (κ1) is 18.6. The van der Waals surface area contributed by atoms with Crippen molar-refractivity contribution in [3.05, 3.63) is 0 Å². The second-order valence-electron chi connectivity index (χ2n) is 1.97. The van der Waals surface area contributed by atoms with Crippen LogP contribution in [-0.4, -0.2) is 60.3 Å². The van der Waals surface area contributed by atoms with E-state index in [1.165, 1.54) is 0 Å². The Morgan fingerprint density at radius 3 is 0.769 bits per heavy atom. The van der Waals surface area contributed by atoms with Gasteiger partial charge in [0.1, 0.15) is 0 Å². The van der Waals surface area contributed by atoms with E-state index < -0.39 is 0 Å². The van der Waals surface area contributed by atoms with Crippen molar-refractivity contribution in [3.63, 3.8) is 0 Å². The largest absolute Gasteiger partial charge is 0.412 e. The summed E-state index contributed by atoms with van der Waals surface area (Å²) >= 11 is 0. The maximum atomic E-state index is 4.66. The fourth-order valence-electron chi connectivity index (χ4n) is 0.333. The van der Waals surface area contributed by atoms with E-state index >= 15 is 0 Å². The summed E-state index contributed by atoms with van der Waals surface area (Å²) in [4.78, 5) is 0. The fraction of sp³-hybridized carbons (Fsp3) is 1.00. The molecule has 0 unspecified atom stereocenters. The maximum Gasteiger partial charge on any atom is 0.0696 e. The van der Waals surface area contributed by atoms with Crippen molar-refractivity contribution in [2.45, 2.75) is 0 Å². The zero-order valence-electron chi connectivity index (χ0n) is 8.96. The highest BCUT2D eigenvalue weighted by molar-refractivity contribution is 4.18. The Labute approximate surface area is 80.2 Å². The lowest BCUT2D eigenvalue weighted by atomic mass is 10.8. The average molecular weight is 198 g/mol. The Bertz CT molecular complexity index is 44.5. The second kappa shape index (κ2) is 22.6. The number of rotatable bonds is 6. The fourth-order valence-corrected chi connectivity index (χ4v) is 0.333.